The Morgan fingerprint density at radius 3 is 2.79 bits per heavy atom. The number of nitriles is 1. The molecule has 0 atom stereocenters. The number of nitrogens with one attached hydrogen (secondary N) is 1. The molecule has 4 rings (SSSR count). The van der Waals surface area contributed by atoms with Gasteiger partial charge in [0.2, 0.25) is 0 Å². The van der Waals surface area contributed by atoms with Crippen LogP contribution < -0.4 is 10.2 Å². The molecule has 1 heterocycles. The number of carbonyl (C=O) groups excluding carboxylic acids is 1. The van der Waals surface area contributed by atoms with Gasteiger partial charge in [-0.25, -0.2) is 5.43 Å². The monoisotopic (exact) mass is 677 g/mol. The Balaban J connectivity index is 1.39. The minimum Gasteiger partial charge on any atom is -0.488 e. The van der Waals surface area contributed by atoms with Crippen LogP contribution in [0, 0.1) is 14.9 Å². The first-order valence-corrected chi connectivity index (χ1v) is 12.2. The number of furan rings is 1. The number of amides is 1. The van der Waals surface area contributed by atoms with Gasteiger partial charge in [-0.3, -0.25) is 4.79 Å². The van der Waals surface area contributed by atoms with Crippen LogP contribution in [0.25, 0.3) is 11.0 Å². The van der Waals surface area contributed by atoms with Crippen molar-refractivity contribution >= 4 is 77.5 Å². The van der Waals surface area contributed by atoms with Crippen molar-refractivity contribution in [2.24, 2.45) is 5.10 Å². The predicted octanol–water partition coefficient (Wildman–Crippen LogP) is 6.78. The maximum Gasteiger partial charge on any atom is 0.307 e. The molecule has 6 nitrogen and oxygen atoms in total. The van der Waals surface area contributed by atoms with Crippen LogP contribution in [0.1, 0.15) is 27.2 Å². The first-order valence-electron chi connectivity index (χ1n) is 9.57. The van der Waals surface area contributed by atoms with Crippen LogP contribution in [0.4, 0.5) is 0 Å². The van der Waals surface area contributed by atoms with E-state index in [1.165, 1.54) is 6.21 Å². The van der Waals surface area contributed by atoms with E-state index in [4.69, 9.17) is 9.15 Å². The number of hydrogen-bond acceptors (Lipinski definition) is 5. The SMILES string of the molecule is N#Cc1ccccc1COc1ccc(/C=N\NC(=O)c2cc3cc(Br)cc(I)c3o2)cc1Br. The molecule has 0 bridgehead atoms. The summed E-state index contributed by atoms with van der Waals surface area (Å²) < 4.78 is 14.1. The molecular formula is C24H14Br2IN3O3. The highest BCUT2D eigenvalue weighted by Crippen LogP contribution is 2.29. The molecule has 0 aliphatic rings. The van der Waals surface area contributed by atoms with Crippen LogP contribution in [0.5, 0.6) is 5.75 Å². The van der Waals surface area contributed by atoms with Crippen molar-refractivity contribution in [1.82, 2.24) is 5.43 Å². The Bertz CT molecular complexity index is 1430. The number of rotatable bonds is 6. The van der Waals surface area contributed by atoms with E-state index < -0.39 is 5.91 Å². The minimum atomic E-state index is -0.440. The van der Waals surface area contributed by atoms with E-state index in [1.807, 2.05) is 42.5 Å². The van der Waals surface area contributed by atoms with Gasteiger partial charge < -0.3 is 9.15 Å². The van der Waals surface area contributed by atoms with Crippen LogP contribution >= 0.6 is 54.5 Å². The third kappa shape index (κ3) is 5.63. The van der Waals surface area contributed by atoms with Gasteiger partial charge in [-0.05, 0) is 86.5 Å². The summed E-state index contributed by atoms with van der Waals surface area (Å²) in [7, 11) is 0. The van der Waals surface area contributed by atoms with Gasteiger partial charge in [0, 0.05) is 15.4 Å². The smallest absolute Gasteiger partial charge is 0.307 e. The lowest BCUT2D eigenvalue weighted by Gasteiger charge is -2.09. The van der Waals surface area contributed by atoms with Gasteiger partial charge in [0.15, 0.2) is 5.76 Å². The lowest BCUT2D eigenvalue weighted by Crippen LogP contribution is -2.16. The quantitative estimate of drug-likeness (QED) is 0.138. The highest BCUT2D eigenvalue weighted by atomic mass is 127. The van der Waals surface area contributed by atoms with Gasteiger partial charge >= 0.3 is 5.91 Å². The maximum absolute atomic E-state index is 12.4. The number of benzene rings is 3. The first-order chi connectivity index (χ1) is 15.9. The summed E-state index contributed by atoms with van der Waals surface area (Å²) in [5, 5.41) is 14.0. The maximum atomic E-state index is 12.4. The molecule has 164 valence electrons. The number of halogens is 3. The molecule has 4 aromatic rings. The molecule has 0 saturated carbocycles. The van der Waals surface area contributed by atoms with Crippen molar-refractivity contribution in [2.45, 2.75) is 6.61 Å². The highest BCUT2D eigenvalue weighted by Gasteiger charge is 2.14. The minimum absolute atomic E-state index is 0.181. The molecule has 0 aliphatic heterocycles. The average molecular weight is 679 g/mol. The van der Waals surface area contributed by atoms with E-state index >= 15 is 0 Å². The molecule has 1 aromatic heterocycles. The summed E-state index contributed by atoms with van der Waals surface area (Å²) in [4.78, 5) is 12.4. The number of ether oxygens (including phenoxy) is 1. The number of fused-ring (bicyclic) bond motifs is 1. The van der Waals surface area contributed by atoms with E-state index in [0.717, 1.165) is 29.0 Å². The number of hydrazone groups is 1. The Hall–Kier alpha value is -2.68. The van der Waals surface area contributed by atoms with Crippen LogP contribution in [-0.4, -0.2) is 12.1 Å². The molecule has 33 heavy (non-hydrogen) atoms. The molecule has 1 amide bonds. The van der Waals surface area contributed by atoms with Crippen molar-refractivity contribution < 1.29 is 13.9 Å². The number of carbonyl (C=O) groups is 1. The molecule has 0 fully saturated rings. The molecule has 1 N–H and O–H groups in total. The third-order valence-electron chi connectivity index (χ3n) is 4.62. The topological polar surface area (TPSA) is 87.6 Å². The van der Waals surface area contributed by atoms with Crippen molar-refractivity contribution in [3.05, 3.63) is 95.6 Å². The van der Waals surface area contributed by atoms with E-state index in [9.17, 15) is 10.1 Å². The fourth-order valence-electron chi connectivity index (χ4n) is 3.03. The van der Waals surface area contributed by atoms with Gasteiger partial charge in [0.25, 0.3) is 0 Å². The molecule has 0 saturated heterocycles. The molecule has 9 heteroatoms. The summed E-state index contributed by atoms with van der Waals surface area (Å²) in [6.45, 7) is 0.277. The van der Waals surface area contributed by atoms with Crippen LogP contribution in [-0.2, 0) is 6.61 Å². The normalized spacial score (nSPS) is 11.0. The second-order valence-corrected chi connectivity index (χ2v) is 9.80. The van der Waals surface area contributed by atoms with Crippen LogP contribution in [0.3, 0.4) is 0 Å². The molecule has 0 unspecified atom stereocenters. The second kappa shape index (κ2) is 10.5. The van der Waals surface area contributed by atoms with E-state index in [-0.39, 0.29) is 12.4 Å². The summed E-state index contributed by atoms with van der Waals surface area (Å²) in [6, 6.07) is 20.4. The molecule has 0 spiro atoms. The second-order valence-electron chi connectivity index (χ2n) is 6.86. The van der Waals surface area contributed by atoms with Gasteiger partial charge in [0.05, 0.1) is 25.9 Å². The molecule has 0 aliphatic carbocycles. The lowest BCUT2D eigenvalue weighted by molar-refractivity contribution is 0.0929. The Morgan fingerprint density at radius 2 is 2.00 bits per heavy atom. The summed E-state index contributed by atoms with van der Waals surface area (Å²) in [6.07, 6.45) is 1.53. The Morgan fingerprint density at radius 1 is 1.18 bits per heavy atom. The zero-order valence-electron chi connectivity index (χ0n) is 16.8. The zero-order chi connectivity index (χ0) is 23.4. The fraction of sp³-hybridized carbons (Fsp3) is 0.0417. The van der Waals surface area contributed by atoms with Crippen molar-refractivity contribution in [1.29, 1.82) is 5.26 Å². The molecule has 0 radical (unpaired) electrons. The Labute approximate surface area is 220 Å². The largest absolute Gasteiger partial charge is 0.488 e. The van der Waals surface area contributed by atoms with Gasteiger partial charge in [0.1, 0.15) is 17.9 Å². The standard InChI is InChI=1S/C24H14Br2IN3O3/c25-18-8-17-9-22(33-23(17)20(27)10-18)24(31)30-29-12-14-5-6-21(19(26)7-14)32-13-16-4-2-1-3-15(16)11-28/h1-10,12H,13H2,(H,30,31)/b29-12-. The van der Waals surface area contributed by atoms with Crippen molar-refractivity contribution in [2.75, 3.05) is 0 Å². The zero-order valence-corrected chi connectivity index (χ0v) is 22.1. The summed E-state index contributed by atoms with van der Waals surface area (Å²) in [5.74, 6) is 0.372. The Kier molecular flexibility index (Phi) is 7.47. The van der Waals surface area contributed by atoms with Crippen molar-refractivity contribution in [3.63, 3.8) is 0 Å². The summed E-state index contributed by atoms with van der Waals surface area (Å²) >= 11 is 9.09. The predicted molar refractivity (Wildman–Crippen MR) is 141 cm³/mol. The number of nitrogens with zero attached hydrogens (tertiary/aromatic N) is 2. The molecule has 3 aromatic carbocycles. The third-order valence-corrected chi connectivity index (χ3v) is 6.49. The average Bonchev–Trinajstić information content (AvgIpc) is 3.23. The van der Waals surface area contributed by atoms with Crippen LogP contribution in [0.2, 0.25) is 0 Å². The van der Waals surface area contributed by atoms with Crippen molar-refractivity contribution in [3.8, 4) is 11.8 Å². The van der Waals surface area contributed by atoms with Gasteiger partial charge in [-0.15, -0.1) is 0 Å². The number of hydrogen-bond donors (Lipinski definition) is 1. The highest BCUT2D eigenvalue weighted by molar-refractivity contribution is 14.1. The van der Waals surface area contributed by atoms with Crippen LogP contribution in [0.15, 0.2) is 79.1 Å². The van der Waals surface area contributed by atoms with E-state index in [1.54, 1.807) is 18.2 Å². The van der Waals surface area contributed by atoms with Gasteiger partial charge in [-0.1, -0.05) is 34.1 Å². The lowest BCUT2D eigenvalue weighted by atomic mass is 10.1. The molecular weight excluding hydrogens is 665 g/mol. The van der Waals surface area contributed by atoms with Gasteiger partial charge in [-0.2, -0.15) is 10.4 Å². The first kappa shape index (κ1) is 23.5. The van der Waals surface area contributed by atoms with E-state index in [0.29, 0.717) is 16.9 Å². The fourth-order valence-corrected chi connectivity index (χ4v) is 5.20. The summed E-state index contributed by atoms with van der Waals surface area (Å²) in [5.41, 5.74) is 5.29. The van der Waals surface area contributed by atoms with E-state index in [2.05, 4.69) is 71.0 Å².